The molecule has 0 aliphatic rings. The molecule has 3 N–H and O–H groups in total. The average Bonchev–Trinajstić information content (AvgIpc) is 2.67. The number of nitrogens with one attached hydrogen (secondary N) is 1. The van der Waals surface area contributed by atoms with Gasteiger partial charge in [0.2, 0.25) is 10.0 Å². The minimum absolute atomic E-state index is 0.0851. The van der Waals surface area contributed by atoms with Crippen LogP contribution in [-0.2, 0) is 19.6 Å². The molecule has 9 heteroatoms. The Kier molecular flexibility index (Phi) is 7.40. The second-order valence-electron chi connectivity index (χ2n) is 6.62. The fourth-order valence-electron chi connectivity index (χ4n) is 2.63. The van der Waals surface area contributed by atoms with E-state index >= 15 is 0 Å². The molecule has 29 heavy (non-hydrogen) atoms. The molecule has 0 bridgehead atoms. The minimum atomic E-state index is -4.11. The van der Waals surface area contributed by atoms with Crippen LogP contribution in [0.5, 0.6) is 0 Å². The van der Waals surface area contributed by atoms with Crippen LogP contribution in [0.3, 0.4) is 0 Å². The molecular weight excluding hydrogens is 416 g/mol. The van der Waals surface area contributed by atoms with Crippen molar-refractivity contribution in [1.29, 1.82) is 0 Å². The number of benzene rings is 2. The number of anilines is 1. The summed E-state index contributed by atoms with van der Waals surface area (Å²) < 4.78 is 28.3. The molecule has 156 valence electrons. The van der Waals surface area contributed by atoms with Crippen LogP contribution in [0.15, 0.2) is 47.4 Å². The standard InChI is InChI=1S/C20H23ClN2O5S/c1-4-12(2)15-7-5-6-8-17(15)23-19(24)13(3)28-20(25)14-9-10-16(21)18(11-14)29(22,26)27/h5-13H,4H2,1-3H3,(H,23,24)(H2,22,26,27). The molecule has 2 rings (SSSR count). The Hall–Kier alpha value is -2.42. The van der Waals surface area contributed by atoms with Gasteiger partial charge in [0.05, 0.1) is 10.6 Å². The molecule has 0 fully saturated rings. The zero-order valence-electron chi connectivity index (χ0n) is 16.3. The molecule has 2 unspecified atom stereocenters. The van der Waals surface area contributed by atoms with Crippen molar-refractivity contribution < 1.29 is 22.7 Å². The van der Waals surface area contributed by atoms with Crippen LogP contribution in [-0.4, -0.2) is 26.4 Å². The molecule has 7 nitrogen and oxygen atoms in total. The molecular formula is C20H23ClN2O5S. The lowest BCUT2D eigenvalue weighted by molar-refractivity contribution is -0.123. The van der Waals surface area contributed by atoms with E-state index in [2.05, 4.69) is 19.2 Å². The van der Waals surface area contributed by atoms with Crippen molar-refractivity contribution in [2.75, 3.05) is 5.32 Å². The van der Waals surface area contributed by atoms with E-state index < -0.39 is 32.9 Å². The lowest BCUT2D eigenvalue weighted by Crippen LogP contribution is -2.30. The van der Waals surface area contributed by atoms with E-state index in [1.165, 1.54) is 19.1 Å². The van der Waals surface area contributed by atoms with Gasteiger partial charge in [0.1, 0.15) is 4.90 Å². The van der Waals surface area contributed by atoms with Crippen molar-refractivity contribution in [1.82, 2.24) is 0 Å². The zero-order chi connectivity index (χ0) is 21.8. The number of nitrogens with two attached hydrogens (primary N) is 1. The SMILES string of the molecule is CCC(C)c1ccccc1NC(=O)C(C)OC(=O)c1ccc(Cl)c(S(N)(=O)=O)c1. The fraction of sp³-hybridized carbons (Fsp3) is 0.300. The normalized spacial score (nSPS) is 13.4. The minimum Gasteiger partial charge on any atom is -0.449 e. The van der Waals surface area contributed by atoms with Crippen molar-refractivity contribution in [2.24, 2.45) is 5.14 Å². The molecule has 0 heterocycles. The van der Waals surface area contributed by atoms with Gasteiger partial charge in [-0.3, -0.25) is 4.79 Å². The predicted molar refractivity (Wildman–Crippen MR) is 111 cm³/mol. The highest BCUT2D eigenvalue weighted by molar-refractivity contribution is 7.89. The van der Waals surface area contributed by atoms with Gasteiger partial charge < -0.3 is 10.1 Å². The molecule has 0 aliphatic carbocycles. The quantitative estimate of drug-likeness (QED) is 0.639. The van der Waals surface area contributed by atoms with Crippen molar-refractivity contribution in [3.63, 3.8) is 0 Å². The third-order valence-electron chi connectivity index (χ3n) is 4.49. The highest BCUT2D eigenvalue weighted by Gasteiger charge is 2.22. The monoisotopic (exact) mass is 438 g/mol. The molecule has 2 aromatic rings. The number of hydrogen-bond acceptors (Lipinski definition) is 5. The van der Waals surface area contributed by atoms with E-state index in [1.807, 2.05) is 12.1 Å². The van der Waals surface area contributed by atoms with Crippen LogP contribution in [0, 0.1) is 0 Å². The van der Waals surface area contributed by atoms with Crippen molar-refractivity contribution in [3.05, 3.63) is 58.6 Å². The molecule has 0 aromatic heterocycles. The number of carbonyl (C=O) groups is 2. The van der Waals surface area contributed by atoms with Crippen molar-refractivity contribution in [2.45, 2.75) is 44.1 Å². The fourth-order valence-corrected chi connectivity index (χ4v) is 3.70. The van der Waals surface area contributed by atoms with Crippen LogP contribution in [0.1, 0.15) is 49.0 Å². The number of primary sulfonamides is 1. The Morgan fingerprint density at radius 3 is 2.45 bits per heavy atom. The number of halogens is 1. The first-order valence-electron chi connectivity index (χ1n) is 8.97. The number of amides is 1. The lowest BCUT2D eigenvalue weighted by Gasteiger charge is -2.18. The number of sulfonamides is 1. The highest BCUT2D eigenvalue weighted by atomic mass is 35.5. The van der Waals surface area contributed by atoms with Gasteiger partial charge in [-0.25, -0.2) is 18.4 Å². The van der Waals surface area contributed by atoms with Gasteiger partial charge in [-0.05, 0) is 49.1 Å². The smallest absolute Gasteiger partial charge is 0.338 e. The Morgan fingerprint density at radius 1 is 1.17 bits per heavy atom. The van der Waals surface area contributed by atoms with Gasteiger partial charge in [-0.15, -0.1) is 0 Å². The molecule has 0 saturated carbocycles. The summed E-state index contributed by atoms with van der Waals surface area (Å²) in [6, 6.07) is 11.0. The summed E-state index contributed by atoms with van der Waals surface area (Å²) in [4.78, 5) is 24.4. The van der Waals surface area contributed by atoms with Crippen LogP contribution >= 0.6 is 11.6 Å². The molecule has 2 aromatic carbocycles. The van der Waals surface area contributed by atoms with Gasteiger partial charge >= 0.3 is 5.97 Å². The maximum atomic E-state index is 12.5. The van der Waals surface area contributed by atoms with Crippen LogP contribution in [0.25, 0.3) is 0 Å². The van der Waals surface area contributed by atoms with Crippen LogP contribution in [0.2, 0.25) is 5.02 Å². The first-order chi connectivity index (χ1) is 13.5. The van der Waals surface area contributed by atoms with E-state index in [9.17, 15) is 18.0 Å². The first-order valence-corrected chi connectivity index (χ1v) is 10.9. The largest absolute Gasteiger partial charge is 0.449 e. The Labute approximate surface area is 175 Å². The summed E-state index contributed by atoms with van der Waals surface area (Å²) >= 11 is 5.81. The van der Waals surface area contributed by atoms with E-state index in [0.717, 1.165) is 18.1 Å². The number of para-hydroxylation sites is 1. The highest BCUT2D eigenvalue weighted by Crippen LogP contribution is 2.27. The maximum Gasteiger partial charge on any atom is 0.338 e. The van der Waals surface area contributed by atoms with E-state index in [0.29, 0.717) is 5.69 Å². The molecule has 0 saturated heterocycles. The van der Waals surface area contributed by atoms with E-state index in [4.69, 9.17) is 21.5 Å². The van der Waals surface area contributed by atoms with Crippen LogP contribution in [0.4, 0.5) is 5.69 Å². The van der Waals surface area contributed by atoms with Gasteiger partial charge in [0.15, 0.2) is 6.10 Å². The van der Waals surface area contributed by atoms with Gasteiger partial charge in [0, 0.05) is 5.69 Å². The zero-order valence-corrected chi connectivity index (χ0v) is 17.9. The number of rotatable bonds is 7. The molecule has 1 amide bonds. The second kappa shape index (κ2) is 9.39. The topological polar surface area (TPSA) is 116 Å². The third kappa shape index (κ3) is 5.79. The summed E-state index contributed by atoms with van der Waals surface area (Å²) in [6.07, 6.45) is -0.207. The molecule has 0 spiro atoms. The van der Waals surface area contributed by atoms with Gasteiger partial charge in [-0.1, -0.05) is 43.6 Å². The maximum absolute atomic E-state index is 12.5. The predicted octanol–water partition coefficient (Wildman–Crippen LogP) is 3.68. The van der Waals surface area contributed by atoms with Crippen LogP contribution < -0.4 is 10.5 Å². The number of hydrogen-bond donors (Lipinski definition) is 2. The third-order valence-corrected chi connectivity index (χ3v) is 5.88. The van der Waals surface area contributed by atoms with E-state index in [1.54, 1.807) is 12.1 Å². The number of esters is 1. The summed E-state index contributed by atoms with van der Waals surface area (Å²) in [6.45, 7) is 5.53. The first kappa shape index (κ1) is 22.9. The Balaban J connectivity index is 2.14. The molecule has 2 atom stereocenters. The summed E-state index contributed by atoms with van der Waals surface area (Å²) in [5, 5.41) is 7.74. The van der Waals surface area contributed by atoms with Crippen molar-refractivity contribution >= 4 is 39.2 Å². The summed E-state index contributed by atoms with van der Waals surface area (Å²) in [5.41, 5.74) is 1.55. The van der Waals surface area contributed by atoms with Crippen molar-refractivity contribution in [3.8, 4) is 0 Å². The molecule has 0 aliphatic heterocycles. The van der Waals surface area contributed by atoms with Gasteiger partial charge in [0.25, 0.3) is 5.91 Å². The second-order valence-corrected chi connectivity index (χ2v) is 8.56. The number of carbonyl (C=O) groups excluding carboxylic acids is 2. The van der Waals surface area contributed by atoms with E-state index in [-0.39, 0.29) is 16.5 Å². The lowest BCUT2D eigenvalue weighted by atomic mass is 9.97. The Bertz CT molecular complexity index is 1020. The average molecular weight is 439 g/mol. The van der Waals surface area contributed by atoms with Gasteiger partial charge in [-0.2, -0.15) is 0 Å². The summed E-state index contributed by atoms with van der Waals surface area (Å²) in [5.74, 6) is -1.13. The summed E-state index contributed by atoms with van der Waals surface area (Å²) in [7, 11) is -4.11. The Morgan fingerprint density at radius 2 is 1.83 bits per heavy atom. The molecule has 0 radical (unpaired) electrons. The number of ether oxygens (including phenoxy) is 1.